The molecule has 2 rings (SSSR count). The highest BCUT2D eigenvalue weighted by Gasteiger charge is 2.30. The van der Waals surface area contributed by atoms with E-state index in [-0.39, 0.29) is 36.7 Å². The molecule has 0 radical (unpaired) electrons. The fourth-order valence-electron chi connectivity index (χ4n) is 2.09. The molecule has 2 heterocycles. The lowest BCUT2D eigenvalue weighted by molar-refractivity contribution is -0.139. The summed E-state index contributed by atoms with van der Waals surface area (Å²) >= 11 is 0. The summed E-state index contributed by atoms with van der Waals surface area (Å²) in [7, 11) is 1.80. The first-order valence-corrected chi connectivity index (χ1v) is 6.30. The van der Waals surface area contributed by atoms with Crippen molar-refractivity contribution in [3.8, 4) is 0 Å². The summed E-state index contributed by atoms with van der Waals surface area (Å²) in [5.74, 6) is -0.378. The van der Waals surface area contributed by atoms with Gasteiger partial charge >= 0.3 is 0 Å². The Morgan fingerprint density at radius 2 is 2.20 bits per heavy atom. The van der Waals surface area contributed by atoms with Crippen LogP contribution in [0.15, 0.2) is 12.4 Å². The van der Waals surface area contributed by atoms with Gasteiger partial charge in [-0.25, -0.2) is 0 Å². The van der Waals surface area contributed by atoms with Gasteiger partial charge < -0.3 is 15.5 Å². The number of amides is 2. The van der Waals surface area contributed by atoms with E-state index in [1.807, 2.05) is 0 Å². The van der Waals surface area contributed by atoms with Gasteiger partial charge in [-0.1, -0.05) is 6.92 Å². The van der Waals surface area contributed by atoms with E-state index in [0.29, 0.717) is 19.6 Å². The molecule has 2 amide bonds. The third kappa shape index (κ3) is 3.29. The van der Waals surface area contributed by atoms with Gasteiger partial charge in [-0.05, 0) is 0 Å². The minimum absolute atomic E-state index is 0. The van der Waals surface area contributed by atoms with Crippen LogP contribution in [0, 0.1) is 5.92 Å². The van der Waals surface area contributed by atoms with Gasteiger partial charge in [0.25, 0.3) is 0 Å². The minimum Gasteiger partial charge on any atom is -0.331 e. The molecule has 7 nitrogen and oxygen atoms in total. The predicted molar refractivity (Wildman–Crippen MR) is 77.6 cm³/mol. The molecule has 20 heavy (non-hydrogen) atoms. The molecule has 0 bridgehead atoms. The molecule has 0 saturated carbocycles. The van der Waals surface area contributed by atoms with Crippen LogP contribution < -0.4 is 10.6 Å². The summed E-state index contributed by atoms with van der Waals surface area (Å²) in [6, 6.07) is 0. The Balaban J connectivity index is 0.00000200. The Morgan fingerprint density at radius 3 is 2.70 bits per heavy atom. The van der Waals surface area contributed by atoms with E-state index >= 15 is 0 Å². The van der Waals surface area contributed by atoms with Gasteiger partial charge in [-0.15, -0.1) is 12.4 Å². The van der Waals surface area contributed by atoms with Crippen molar-refractivity contribution in [2.24, 2.45) is 18.7 Å². The summed E-state index contributed by atoms with van der Waals surface area (Å²) in [5.41, 5.74) is 6.25. The lowest BCUT2D eigenvalue weighted by Crippen LogP contribution is -2.54. The molecule has 1 fully saturated rings. The number of aromatic nitrogens is 2. The van der Waals surface area contributed by atoms with Gasteiger partial charge in [0.2, 0.25) is 11.8 Å². The highest BCUT2D eigenvalue weighted by molar-refractivity contribution is 5.97. The van der Waals surface area contributed by atoms with E-state index in [1.165, 1.54) is 0 Å². The van der Waals surface area contributed by atoms with Gasteiger partial charge in [0, 0.05) is 38.8 Å². The SMILES string of the molecule is CC(CN)C(=O)N1CCN(c2cnn(C)c2)C(=O)C1.Cl. The summed E-state index contributed by atoms with van der Waals surface area (Å²) < 4.78 is 1.65. The van der Waals surface area contributed by atoms with Crippen LogP contribution >= 0.6 is 12.4 Å². The third-order valence-electron chi connectivity index (χ3n) is 3.31. The number of halogens is 1. The second-order valence-corrected chi connectivity index (χ2v) is 4.81. The average Bonchev–Trinajstić information content (AvgIpc) is 2.83. The summed E-state index contributed by atoms with van der Waals surface area (Å²) in [5, 5.41) is 4.05. The minimum atomic E-state index is -0.238. The standard InChI is InChI=1S/C12H19N5O2.ClH/c1-9(5-13)12(19)16-3-4-17(11(18)8-16)10-6-14-15(2)7-10;/h6-7,9H,3-5,8,13H2,1-2H3;1H. The van der Waals surface area contributed by atoms with Crippen LogP contribution in [0.1, 0.15) is 6.92 Å². The monoisotopic (exact) mass is 301 g/mol. The molecule has 0 spiro atoms. The van der Waals surface area contributed by atoms with Gasteiger partial charge in [0.15, 0.2) is 0 Å². The highest BCUT2D eigenvalue weighted by Crippen LogP contribution is 2.16. The van der Waals surface area contributed by atoms with E-state index < -0.39 is 0 Å². The van der Waals surface area contributed by atoms with E-state index in [2.05, 4.69) is 5.10 Å². The molecule has 1 aliphatic rings. The van der Waals surface area contributed by atoms with Crippen LogP contribution in [-0.2, 0) is 16.6 Å². The van der Waals surface area contributed by atoms with Crippen molar-refractivity contribution in [3.63, 3.8) is 0 Å². The van der Waals surface area contributed by atoms with Gasteiger partial charge in [-0.3, -0.25) is 14.3 Å². The first-order valence-electron chi connectivity index (χ1n) is 6.30. The fourth-order valence-corrected chi connectivity index (χ4v) is 2.09. The molecule has 0 aromatic carbocycles. The quantitative estimate of drug-likeness (QED) is 0.824. The van der Waals surface area contributed by atoms with Crippen LogP contribution in [-0.4, -0.2) is 52.7 Å². The van der Waals surface area contributed by atoms with Crippen molar-refractivity contribution in [2.75, 3.05) is 31.1 Å². The van der Waals surface area contributed by atoms with E-state index in [9.17, 15) is 9.59 Å². The smallest absolute Gasteiger partial charge is 0.246 e. The van der Waals surface area contributed by atoms with Crippen LogP contribution in [0.4, 0.5) is 5.69 Å². The molecule has 8 heteroatoms. The van der Waals surface area contributed by atoms with Gasteiger partial charge in [0.1, 0.15) is 6.54 Å². The van der Waals surface area contributed by atoms with Crippen molar-refractivity contribution >= 4 is 29.9 Å². The lowest BCUT2D eigenvalue weighted by atomic mass is 10.1. The fraction of sp³-hybridized carbons (Fsp3) is 0.583. The van der Waals surface area contributed by atoms with E-state index in [1.54, 1.807) is 40.8 Å². The number of nitrogens with zero attached hydrogens (tertiary/aromatic N) is 4. The van der Waals surface area contributed by atoms with Crippen LogP contribution in [0.2, 0.25) is 0 Å². The Hall–Kier alpha value is -1.60. The van der Waals surface area contributed by atoms with Crippen molar-refractivity contribution in [3.05, 3.63) is 12.4 Å². The molecule has 2 N–H and O–H groups in total. The van der Waals surface area contributed by atoms with Gasteiger partial charge in [0.05, 0.1) is 11.9 Å². The zero-order valence-corrected chi connectivity index (χ0v) is 12.5. The number of aryl methyl sites for hydroxylation is 1. The predicted octanol–water partition coefficient (Wildman–Crippen LogP) is -0.388. The number of hydrogen-bond donors (Lipinski definition) is 1. The molecule has 1 atom stereocenters. The zero-order valence-electron chi connectivity index (χ0n) is 11.7. The second-order valence-electron chi connectivity index (χ2n) is 4.81. The molecule has 0 aliphatic carbocycles. The number of rotatable bonds is 3. The molecule has 1 aromatic heterocycles. The average molecular weight is 302 g/mol. The van der Waals surface area contributed by atoms with Gasteiger partial charge in [-0.2, -0.15) is 5.10 Å². The van der Waals surface area contributed by atoms with Crippen LogP contribution in [0.25, 0.3) is 0 Å². The second kappa shape index (κ2) is 6.71. The Labute approximate surface area is 124 Å². The lowest BCUT2D eigenvalue weighted by Gasteiger charge is -2.34. The van der Waals surface area contributed by atoms with E-state index in [0.717, 1.165) is 5.69 Å². The number of carbonyl (C=O) groups excluding carboxylic acids is 2. The molecular formula is C12H20ClN5O2. The maximum Gasteiger partial charge on any atom is 0.246 e. The van der Waals surface area contributed by atoms with Crippen molar-refractivity contribution in [1.29, 1.82) is 0 Å². The molecular weight excluding hydrogens is 282 g/mol. The number of piperazine rings is 1. The van der Waals surface area contributed by atoms with Crippen LogP contribution in [0.5, 0.6) is 0 Å². The largest absolute Gasteiger partial charge is 0.331 e. The summed E-state index contributed by atoms with van der Waals surface area (Å²) in [4.78, 5) is 27.3. The zero-order chi connectivity index (χ0) is 14.0. The van der Waals surface area contributed by atoms with E-state index in [4.69, 9.17) is 5.73 Å². The maximum absolute atomic E-state index is 12.1. The summed E-state index contributed by atoms with van der Waals surface area (Å²) in [6.45, 7) is 3.21. The number of carbonyl (C=O) groups is 2. The maximum atomic E-state index is 12.1. The normalized spacial score (nSPS) is 16.9. The van der Waals surface area contributed by atoms with Crippen molar-refractivity contribution < 1.29 is 9.59 Å². The molecule has 1 unspecified atom stereocenters. The first kappa shape index (κ1) is 16.5. The highest BCUT2D eigenvalue weighted by atomic mass is 35.5. The summed E-state index contributed by atoms with van der Waals surface area (Å²) in [6.07, 6.45) is 3.44. The number of anilines is 1. The molecule has 1 aromatic rings. The topological polar surface area (TPSA) is 84.5 Å². The molecule has 1 aliphatic heterocycles. The number of nitrogens with two attached hydrogens (primary N) is 1. The first-order chi connectivity index (χ1) is 9.02. The number of hydrogen-bond acceptors (Lipinski definition) is 4. The molecule has 1 saturated heterocycles. The third-order valence-corrected chi connectivity index (χ3v) is 3.31. The Kier molecular flexibility index (Phi) is 5.52. The van der Waals surface area contributed by atoms with Crippen molar-refractivity contribution in [2.45, 2.75) is 6.92 Å². The van der Waals surface area contributed by atoms with Crippen molar-refractivity contribution in [1.82, 2.24) is 14.7 Å². The molecule has 112 valence electrons. The Bertz CT molecular complexity index is 490. The Morgan fingerprint density at radius 1 is 1.50 bits per heavy atom. The van der Waals surface area contributed by atoms with Crippen LogP contribution in [0.3, 0.4) is 0 Å².